The van der Waals surface area contributed by atoms with Crippen molar-refractivity contribution in [2.75, 3.05) is 11.9 Å². The van der Waals surface area contributed by atoms with E-state index in [0.717, 1.165) is 12.1 Å². The smallest absolute Gasteiger partial charge is 0.262 e. The second-order valence-electron chi connectivity index (χ2n) is 4.62. The maximum Gasteiger partial charge on any atom is 0.262 e. The third-order valence-corrected chi connectivity index (χ3v) is 3.65. The molecule has 6 heteroatoms. The molecule has 1 N–H and O–H groups in total. The Morgan fingerprint density at radius 2 is 2.00 bits per heavy atom. The summed E-state index contributed by atoms with van der Waals surface area (Å²) >= 11 is 6.25. The van der Waals surface area contributed by atoms with Crippen molar-refractivity contribution >= 4 is 23.2 Å². The highest BCUT2D eigenvalue weighted by Crippen LogP contribution is 2.36. The molecule has 0 aliphatic carbocycles. The van der Waals surface area contributed by atoms with E-state index in [1.807, 2.05) is 0 Å². The van der Waals surface area contributed by atoms with Crippen LogP contribution in [-0.2, 0) is 4.79 Å². The number of rotatable bonds is 2. The zero-order valence-corrected chi connectivity index (χ0v) is 11.5. The predicted octanol–water partition coefficient (Wildman–Crippen LogP) is 3.62. The molecule has 1 aliphatic heterocycles. The van der Waals surface area contributed by atoms with Gasteiger partial charge in [0, 0.05) is 11.6 Å². The van der Waals surface area contributed by atoms with Crippen LogP contribution in [-0.4, -0.2) is 12.5 Å². The molecular weight excluding hydrogens is 300 g/mol. The molecule has 21 heavy (non-hydrogen) atoms. The lowest BCUT2D eigenvalue weighted by molar-refractivity contribution is -0.118. The lowest BCUT2D eigenvalue weighted by atomic mass is 10.0. The first kappa shape index (κ1) is 13.8. The Hall–Kier alpha value is -2.14. The molecule has 0 radical (unpaired) electrons. The van der Waals surface area contributed by atoms with Crippen LogP contribution in [0.4, 0.5) is 14.5 Å². The molecule has 0 saturated heterocycles. The second kappa shape index (κ2) is 5.33. The van der Waals surface area contributed by atoms with Crippen molar-refractivity contribution in [3.8, 4) is 5.75 Å². The summed E-state index contributed by atoms with van der Waals surface area (Å²) in [7, 11) is 0. The number of halogens is 3. The van der Waals surface area contributed by atoms with Crippen molar-refractivity contribution in [2.24, 2.45) is 0 Å². The summed E-state index contributed by atoms with van der Waals surface area (Å²) in [5, 5.41) is 1.86. The van der Waals surface area contributed by atoms with E-state index in [4.69, 9.17) is 16.3 Å². The van der Waals surface area contributed by atoms with Gasteiger partial charge < -0.3 is 10.1 Å². The second-order valence-corrected chi connectivity index (χ2v) is 5.06. The van der Waals surface area contributed by atoms with Crippen LogP contribution in [0.2, 0.25) is 0 Å². The molecule has 1 unspecified atom stereocenters. The fraction of sp³-hybridized carbons (Fsp3) is 0.133. The topological polar surface area (TPSA) is 38.3 Å². The lowest BCUT2D eigenvalue weighted by Crippen LogP contribution is -2.25. The molecule has 0 saturated carbocycles. The number of hydrogen-bond acceptors (Lipinski definition) is 2. The van der Waals surface area contributed by atoms with Gasteiger partial charge in [-0.3, -0.25) is 4.79 Å². The number of carbonyl (C=O) groups is 1. The van der Waals surface area contributed by atoms with Crippen LogP contribution in [0.1, 0.15) is 16.5 Å². The van der Waals surface area contributed by atoms with Crippen molar-refractivity contribution in [1.29, 1.82) is 0 Å². The summed E-state index contributed by atoms with van der Waals surface area (Å²) in [6, 6.07) is 8.19. The Kier molecular flexibility index (Phi) is 3.51. The van der Waals surface area contributed by atoms with Gasteiger partial charge in [0.15, 0.2) is 6.61 Å². The Morgan fingerprint density at radius 1 is 1.19 bits per heavy atom. The van der Waals surface area contributed by atoms with Crippen molar-refractivity contribution in [3.05, 3.63) is 59.2 Å². The standard InChI is InChI=1S/C15H10ClF2NO2/c16-15(10-3-2-9(17)6-11(10)18)8-1-4-13-12(5-8)19-14(20)7-21-13/h1-6,15H,7H2,(H,19,20). The number of alkyl halides is 1. The highest BCUT2D eigenvalue weighted by Gasteiger charge is 2.20. The molecule has 1 amide bonds. The molecular formula is C15H10ClF2NO2. The van der Waals surface area contributed by atoms with Crippen molar-refractivity contribution in [2.45, 2.75) is 5.38 Å². The van der Waals surface area contributed by atoms with Crippen LogP contribution in [0.25, 0.3) is 0 Å². The van der Waals surface area contributed by atoms with E-state index < -0.39 is 17.0 Å². The fourth-order valence-corrected chi connectivity index (χ4v) is 2.46. The molecule has 0 bridgehead atoms. The van der Waals surface area contributed by atoms with Gasteiger partial charge in [-0.1, -0.05) is 12.1 Å². The molecule has 1 atom stereocenters. The first-order valence-corrected chi connectivity index (χ1v) is 6.64. The van der Waals surface area contributed by atoms with E-state index in [2.05, 4.69) is 5.32 Å². The molecule has 0 aromatic heterocycles. The molecule has 1 aliphatic rings. The van der Waals surface area contributed by atoms with Crippen molar-refractivity contribution < 1.29 is 18.3 Å². The zero-order valence-electron chi connectivity index (χ0n) is 10.7. The van der Waals surface area contributed by atoms with E-state index >= 15 is 0 Å². The van der Waals surface area contributed by atoms with Crippen molar-refractivity contribution in [3.63, 3.8) is 0 Å². The van der Waals surface area contributed by atoms with E-state index in [1.54, 1.807) is 18.2 Å². The molecule has 0 fully saturated rings. The first-order valence-electron chi connectivity index (χ1n) is 6.20. The average molecular weight is 310 g/mol. The van der Waals surface area contributed by atoms with Gasteiger partial charge in [-0.2, -0.15) is 0 Å². The number of benzene rings is 2. The number of fused-ring (bicyclic) bond motifs is 1. The minimum absolute atomic E-state index is 0.0385. The highest BCUT2D eigenvalue weighted by molar-refractivity contribution is 6.22. The van der Waals surface area contributed by atoms with E-state index in [0.29, 0.717) is 17.0 Å². The first-order chi connectivity index (χ1) is 10.0. The fourth-order valence-electron chi connectivity index (χ4n) is 2.14. The van der Waals surface area contributed by atoms with Gasteiger partial charge in [-0.15, -0.1) is 11.6 Å². The number of amides is 1. The molecule has 2 aromatic rings. The van der Waals surface area contributed by atoms with Gasteiger partial charge in [0.25, 0.3) is 5.91 Å². The van der Waals surface area contributed by atoms with Crippen LogP contribution < -0.4 is 10.1 Å². The summed E-state index contributed by atoms with van der Waals surface area (Å²) < 4.78 is 31.9. The quantitative estimate of drug-likeness (QED) is 0.860. The van der Waals surface area contributed by atoms with Gasteiger partial charge in [-0.05, 0) is 23.8 Å². The summed E-state index contributed by atoms with van der Waals surface area (Å²) in [6.45, 7) is -0.0385. The van der Waals surface area contributed by atoms with Crippen molar-refractivity contribution in [1.82, 2.24) is 0 Å². The molecule has 3 nitrogen and oxygen atoms in total. The monoisotopic (exact) mass is 309 g/mol. The Labute approximate surface area is 124 Å². The normalized spacial score (nSPS) is 14.9. The lowest BCUT2D eigenvalue weighted by Gasteiger charge is -2.20. The minimum atomic E-state index is -0.797. The highest BCUT2D eigenvalue weighted by atomic mass is 35.5. The third-order valence-electron chi connectivity index (χ3n) is 3.16. The molecule has 3 rings (SSSR count). The van der Waals surface area contributed by atoms with Gasteiger partial charge in [0.1, 0.15) is 17.4 Å². The van der Waals surface area contributed by atoms with Gasteiger partial charge >= 0.3 is 0 Å². The zero-order chi connectivity index (χ0) is 15.0. The molecule has 0 spiro atoms. The van der Waals surface area contributed by atoms with Crippen LogP contribution in [0.3, 0.4) is 0 Å². The number of anilines is 1. The van der Waals surface area contributed by atoms with Gasteiger partial charge in [0.2, 0.25) is 0 Å². The number of hydrogen-bond donors (Lipinski definition) is 1. The summed E-state index contributed by atoms with van der Waals surface area (Å²) in [5.74, 6) is -1.11. The van der Waals surface area contributed by atoms with E-state index in [-0.39, 0.29) is 18.1 Å². The maximum atomic E-state index is 13.8. The van der Waals surface area contributed by atoms with Crippen LogP contribution in [0, 0.1) is 11.6 Å². The minimum Gasteiger partial charge on any atom is -0.482 e. The largest absolute Gasteiger partial charge is 0.482 e. The van der Waals surface area contributed by atoms with Gasteiger partial charge in [0.05, 0.1) is 11.1 Å². The van der Waals surface area contributed by atoms with E-state index in [9.17, 15) is 13.6 Å². The summed E-state index contributed by atoms with van der Waals surface area (Å²) in [6.07, 6.45) is 0. The van der Waals surface area contributed by atoms with Crippen LogP contribution in [0.15, 0.2) is 36.4 Å². The number of ether oxygens (including phenoxy) is 1. The Balaban J connectivity index is 1.96. The third kappa shape index (κ3) is 2.69. The Morgan fingerprint density at radius 3 is 2.76 bits per heavy atom. The van der Waals surface area contributed by atoms with E-state index in [1.165, 1.54) is 6.07 Å². The van der Waals surface area contributed by atoms with Gasteiger partial charge in [-0.25, -0.2) is 8.78 Å². The Bertz CT molecular complexity index is 721. The number of carbonyl (C=O) groups excluding carboxylic acids is 1. The summed E-state index contributed by atoms with van der Waals surface area (Å²) in [5.41, 5.74) is 1.23. The number of nitrogens with one attached hydrogen (secondary N) is 1. The SMILES string of the molecule is O=C1COc2ccc(C(Cl)c3ccc(F)cc3F)cc2N1. The van der Waals surface area contributed by atoms with Crippen LogP contribution >= 0.6 is 11.6 Å². The average Bonchev–Trinajstić information content (AvgIpc) is 2.46. The molecule has 1 heterocycles. The molecule has 108 valence electrons. The predicted molar refractivity (Wildman–Crippen MR) is 74.6 cm³/mol. The maximum absolute atomic E-state index is 13.8. The molecule has 2 aromatic carbocycles. The van der Waals surface area contributed by atoms with Crippen LogP contribution in [0.5, 0.6) is 5.75 Å². The summed E-state index contributed by atoms with van der Waals surface area (Å²) in [4.78, 5) is 11.3.